The molecule has 3 aliphatic heterocycles. The summed E-state index contributed by atoms with van der Waals surface area (Å²) in [7, 11) is 0. The van der Waals surface area contributed by atoms with Crippen molar-refractivity contribution in [3.63, 3.8) is 0 Å². The molecule has 0 aromatic heterocycles. The van der Waals surface area contributed by atoms with E-state index in [-0.39, 0.29) is 0 Å². The van der Waals surface area contributed by atoms with Crippen molar-refractivity contribution < 1.29 is 0 Å². The number of hydrogen-bond acceptors (Lipinski definition) is 3. The molecule has 3 aliphatic rings. The monoisotopic (exact) mass is 223 g/mol. The van der Waals surface area contributed by atoms with Crippen LogP contribution in [-0.2, 0) is 0 Å². The third kappa shape index (κ3) is 2.01. The van der Waals surface area contributed by atoms with Gasteiger partial charge in [-0.3, -0.25) is 9.80 Å². The molecule has 0 aromatic carbocycles. The molecule has 3 heterocycles. The lowest BCUT2D eigenvalue weighted by molar-refractivity contribution is 0.186. The van der Waals surface area contributed by atoms with E-state index in [2.05, 4.69) is 22.0 Å². The minimum absolute atomic E-state index is 0.813. The van der Waals surface area contributed by atoms with Crippen molar-refractivity contribution in [2.24, 2.45) is 5.92 Å². The normalized spacial score (nSPS) is 42.2. The summed E-state index contributed by atoms with van der Waals surface area (Å²) in [6.07, 6.45) is 4.26. The summed E-state index contributed by atoms with van der Waals surface area (Å²) in [5, 5.41) is 3.53. The second-order valence-electron chi connectivity index (χ2n) is 5.88. The molecule has 3 atom stereocenters. The highest BCUT2D eigenvalue weighted by molar-refractivity contribution is 4.93. The van der Waals surface area contributed by atoms with E-state index in [1.807, 2.05) is 0 Å². The van der Waals surface area contributed by atoms with Crippen molar-refractivity contribution in [1.82, 2.24) is 15.1 Å². The zero-order chi connectivity index (χ0) is 11.0. The number of likely N-dealkylation sites (tertiary alicyclic amines) is 2. The van der Waals surface area contributed by atoms with E-state index in [1.54, 1.807) is 0 Å². The van der Waals surface area contributed by atoms with Crippen LogP contribution < -0.4 is 5.32 Å². The molecule has 3 nitrogen and oxygen atoms in total. The summed E-state index contributed by atoms with van der Waals surface area (Å²) in [6, 6.07) is 1.68. The summed E-state index contributed by atoms with van der Waals surface area (Å²) in [4.78, 5) is 5.47. The van der Waals surface area contributed by atoms with E-state index in [0.29, 0.717) is 0 Å². The van der Waals surface area contributed by atoms with E-state index in [1.165, 1.54) is 58.5 Å². The molecule has 16 heavy (non-hydrogen) atoms. The van der Waals surface area contributed by atoms with Crippen LogP contribution in [0.5, 0.6) is 0 Å². The number of nitrogens with one attached hydrogen (secondary N) is 1. The molecule has 3 saturated heterocycles. The highest BCUT2D eigenvalue weighted by atomic mass is 15.3. The van der Waals surface area contributed by atoms with Crippen molar-refractivity contribution >= 4 is 0 Å². The lowest BCUT2D eigenvalue weighted by Gasteiger charge is -2.28. The Hall–Kier alpha value is -0.120. The van der Waals surface area contributed by atoms with Gasteiger partial charge in [0.05, 0.1) is 0 Å². The van der Waals surface area contributed by atoms with Crippen molar-refractivity contribution in [3.05, 3.63) is 0 Å². The van der Waals surface area contributed by atoms with Crippen LogP contribution in [0.3, 0.4) is 0 Å². The molecule has 0 spiro atoms. The first-order valence-corrected chi connectivity index (χ1v) is 7.03. The maximum atomic E-state index is 3.53. The number of rotatable bonds is 2. The van der Waals surface area contributed by atoms with Gasteiger partial charge in [0.25, 0.3) is 0 Å². The van der Waals surface area contributed by atoms with E-state index >= 15 is 0 Å². The Morgan fingerprint density at radius 1 is 1.00 bits per heavy atom. The Morgan fingerprint density at radius 3 is 2.50 bits per heavy atom. The van der Waals surface area contributed by atoms with E-state index in [4.69, 9.17) is 0 Å². The standard InChI is InChI=1S/C13H25N3/c1-11-8-14-9-13(11)16-7-4-12(10-16)15-5-2-3-6-15/h11-14H,2-10H2,1H3. The predicted molar refractivity (Wildman–Crippen MR) is 66.6 cm³/mol. The highest BCUT2D eigenvalue weighted by Crippen LogP contribution is 2.25. The van der Waals surface area contributed by atoms with Crippen LogP contribution in [0.4, 0.5) is 0 Å². The van der Waals surface area contributed by atoms with Gasteiger partial charge in [0.1, 0.15) is 0 Å². The molecule has 92 valence electrons. The lowest BCUT2D eigenvalue weighted by Crippen LogP contribution is -2.41. The van der Waals surface area contributed by atoms with Gasteiger partial charge in [0.15, 0.2) is 0 Å². The quantitative estimate of drug-likeness (QED) is 0.746. The van der Waals surface area contributed by atoms with Crippen LogP contribution in [0.25, 0.3) is 0 Å². The topological polar surface area (TPSA) is 18.5 Å². The third-order valence-corrected chi connectivity index (χ3v) is 4.80. The summed E-state index contributed by atoms with van der Waals surface area (Å²) < 4.78 is 0. The smallest absolute Gasteiger partial charge is 0.0258 e. The Balaban J connectivity index is 1.55. The molecule has 0 saturated carbocycles. The largest absolute Gasteiger partial charge is 0.315 e. The Labute approximate surface area is 99.2 Å². The first-order valence-electron chi connectivity index (χ1n) is 7.03. The minimum Gasteiger partial charge on any atom is -0.315 e. The van der Waals surface area contributed by atoms with E-state index in [0.717, 1.165) is 18.0 Å². The Morgan fingerprint density at radius 2 is 1.81 bits per heavy atom. The van der Waals surface area contributed by atoms with Crippen LogP contribution in [0.1, 0.15) is 26.2 Å². The molecular formula is C13H25N3. The summed E-state index contributed by atoms with van der Waals surface area (Å²) in [6.45, 7) is 10.2. The Bertz CT molecular complexity index is 237. The molecule has 3 heteroatoms. The fraction of sp³-hybridized carbons (Fsp3) is 1.00. The van der Waals surface area contributed by atoms with Crippen LogP contribution in [0.2, 0.25) is 0 Å². The van der Waals surface area contributed by atoms with E-state index in [9.17, 15) is 0 Å². The molecule has 0 bridgehead atoms. The van der Waals surface area contributed by atoms with Crippen LogP contribution in [0, 0.1) is 5.92 Å². The molecule has 3 rings (SSSR count). The highest BCUT2D eigenvalue weighted by Gasteiger charge is 2.36. The average molecular weight is 223 g/mol. The van der Waals surface area contributed by atoms with E-state index < -0.39 is 0 Å². The molecule has 0 amide bonds. The molecule has 3 fully saturated rings. The molecular weight excluding hydrogens is 198 g/mol. The first-order chi connectivity index (χ1) is 7.84. The van der Waals surface area contributed by atoms with Crippen LogP contribution in [-0.4, -0.2) is 61.2 Å². The van der Waals surface area contributed by atoms with Gasteiger partial charge in [-0.15, -0.1) is 0 Å². The molecule has 1 N–H and O–H groups in total. The first kappa shape index (κ1) is 11.0. The van der Waals surface area contributed by atoms with Gasteiger partial charge in [0.2, 0.25) is 0 Å². The lowest BCUT2D eigenvalue weighted by atomic mass is 10.1. The van der Waals surface area contributed by atoms with Gasteiger partial charge in [-0.2, -0.15) is 0 Å². The fourth-order valence-electron chi connectivity index (χ4n) is 3.76. The van der Waals surface area contributed by atoms with Crippen molar-refractivity contribution in [1.29, 1.82) is 0 Å². The summed E-state index contributed by atoms with van der Waals surface area (Å²) in [5.74, 6) is 0.845. The number of hydrogen-bond donors (Lipinski definition) is 1. The maximum absolute atomic E-state index is 3.53. The minimum atomic E-state index is 0.813. The zero-order valence-electron chi connectivity index (χ0n) is 10.5. The van der Waals surface area contributed by atoms with Crippen LogP contribution >= 0.6 is 0 Å². The molecule has 0 aliphatic carbocycles. The zero-order valence-corrected chi connectivity index (χ0v) is 10.5. The van der Waals surface area contributed by atoms with Gasteiger partial charge in [0, 0.05) is 31.7 Å². The second-order valence-corrected chi connectivity index (χ2v) is 5.88. The van der Waals surface area contributed by atoms with Gasteiger partial charge >= 0.3 is 0 Å². The summed E-state index contributed by atoms with van der Waals surface area (Å²) >= 11 is 0. The van der Waals surface area contributed by atoms with Gasteiger partial charge in [-0.25, -0.2) is 0 Å². The molecule has 0 aromatic rings. The molecule has 3 unspecified atom stereocenters. The van der Waals surface area contributed by atoms with Crippen molar-refractivity contribution in [2.45, 2.75) is 38.3 Å². The molecule has 0 radical (unpaired) electrons. The average Bonchev–Trinajstić information content (AvgIpc) is 2.96. The van der Waals surface area contributed by atoms with Crippen molar-refractivity contribution in [2.75, 3.05) is 39.3 Å². The fourth-order valence-corrected chi connectivity index (χ4v) is 3.76. The van der Waals surface area contributed by atoms with Gasteiger partial charge in [-0.1, -0.05) is 6.92 Å². The SMILES string of the molecule is CC1CNCC1N1CCC(N2CCCC2)C1. The number of nitrogens with zero attached hydrogens (tertiary/aromatic N) is 2. The Kier molecular flexibility index (Phi) is 3.18. The van der Waals surface area contributed by atoms with Crippen LogP contribution in [0.15, 0.2) is 0 Å². The maximum Gasteiger partial charge on any atom is 0.0258 e. The second kappa shape index (κ2) is 4.63. The van der Waals surface area contributed by atoms with Crippen molar-refractivity contribution in [3.8, 4) is 0 Å². The third-order valence-electron chi connectivity index (χ3n) is 4.80. The summed E-state index contributed by atoms with van der Waals surface area (Å²) in [5.41, 5.74) is 0. The predicted octanol–water partition coefficient (Wildman–Crippen LogP) is 0.764. The van der Waals surface area contributed by atoms with Gasteiger partial charge < -0.3 is 5.32 Å². The van der Waals surface area contributed by atoms with Gasteiger partial charge in [-0.05, 0) is 44.8 Å².